The molecule has 1 aromatic heterocycles. The average Bonchev–Trinajstić information content (AvgIpc) is 3.13. The largest absolute Gasteiger partial charge is 0.277 e. The third-order valence-electron chi connectivity index (χ3n) is 5.00. The first-order valence-electron chi connectivity index (χ1n) is 8.97. The van der Waals surface area contributed by atoms with Gasteiger partial charge in [-0.1, -0.05) is 78.9 Å². The Kier molecular flexibility index (Phi) is 3.92. The number of nitrogens with zero attached hydrogens (tertiary/aromatic N) is 1. The Bertz CT molecular complexity index is 1340. The minimum absolute atomic E-state index is 0.135. The van der Waals surface area contributed by atoms with Crippen LogP contribution in [-0.2, 0) is 0 Å². The Morgan fingerprint density at radius 2 is 1.18 bits per heavy atom. The van der Waals surface area contributed by atoms with E-state index < -0.39 is 0 Å². The molecule has 0 radical (unpaired) electrons. The number of nitro groups is 1. The summed E-state index contributed by atoms with van der Waals surface area (Å²) >= 11 is 1.70. The van der Waals surface area contributed by atoms with Crippen molar-refractivity contribution in [3.05, 3.63) is 101 Å². The molecule has 4 aromatic carbocycles. The van der Waals surface area contributed by atoms with Gasteiger partial charge < -0.3 is 0 Å². The van der Waals surface area contributed by atoms with E-state index in [0.29, 0.717) is 5.56 Å². The molecule has 0 unspecified atom stereocenters. The van der Waals surface area contributed by atoms with E-state index in [1.54, 1.807) is 23.5 Å². The van der Waals surface area contributed by atoms with Gasteiger partial charge in [-0.3, -0.25) is 10.1 Å². The normalized spacial score (nSPS) is 11.1. The predicted octanol–water partition coefficient (Wildman–Crippen LogP) is 7.30. The second kappa shape index (κ2) is 6.59. The van der Waals surface area contributed by atoms with Crippen LogP contribution in [0, 0.1) is 10.1 Å². The van der Waals surface area contributed by atoms with Crippen LogP contribution < -0.4 is 0 Å². The minimum atomic E-state index is -0.309. The number of hydrogen-bond acceptors (Lipinski definition) is 3. The summed E-state index contributed by atoms with van der Waals surface area (Å²) in [6.07, 6.45) is 0. The predicted molar refractivity (Wildman–Crippen MR) is 117 cm³/mol. The molecule has 0 atom stereocenters. The minimum Gasteiger partial charge on any atom is -0.258 e. The zero-order valence-corrected chi connectivity index (χ0v) is 15.6. The van der Waals surface area contributed by atoms with Crippen molar-refractivity contribution in [3.8, 4) is 22.3 Å². The Labute approximate surface area is 165 Å². The van der Waals surface area contributed by atoms with Gasteiger partial charge in [-0.25, -0.2) is 0 Å². The molecule has 28 heavy (non-hydrogen) atoms. The number of rotatable bonds is 3. The highest BCUT2D eigenvalue weighted by molar-refractivity contribution is 7.26. The summed E-state index contributed by atoms with van der Waals surface area (Å²) < 4.78 is 2.28. The number of thiophene rings is 1. The Morgan fingerprint density at radius 3 is 1.89 bits per heavy atom. The summed E-state index contributed by atoms with van der Waals surface area (Å²) in [4.78, 5) is 11.2. The van der Waals surface area contributed by atoms with E-state index in [2.05, 4.69) is 36.4 Å². The fourth-order valence-corrected chi connectivity index (χ4v) is 5.10. The van der Waals surface area contributed by atoms with Gasteiger partial charge in [0.25, 0.3) is 5.69 Å². The van der Waals surface area contributed by atoms with Crippen molar-refractivity contribution in [2.24, 2.45) is 0 Å². The maximum absolute atomic E-state index is 11.6. The van der Waals surface area contributed by atoms with Crippen LogP contribution in [0.4, 0.5) is 5.69 Å². The van der Waals surface area contributed by atoms with E-state index in [1.165, 1.54) is 21.2 Å². The Balaban J connectivity index is 1.84. The molecule has 3 nitrogen and oxygen atoms in total. The fraction of sp³-hybridized carbons (Fsp3) is 0. The lowest BCUT2D eigenvalue weighted by atomic mass is 9.99. The van der Waals surface area contributed by atoms with Gasteiger partial charge in [-0.15, -0.1) is 11.3 Å². The SMILES string of the molecule is O=[N+]([O-])c1ccccc1-c1cccc2c1sc1c(-c3ccccc3)cccc12. The first-order valence-corrected chi connectivity index (χ1v) is 9.79. The van der Waals surface area contributed by atoms with Crippen molar-refractivity contribution < 1.29 is 4.92 Å². The highest BCUT2D eigenvalue weighted by atomic mass is 32.1. The lowest BCUT2D eigenvalue weighted by molar-refractivity contribution is -0.384. The van der Waals surface area contributed by atoms with Crippen molar-refractivity contribution in [1.82, 2.24) is 0 Å². The average molecular weight is 381 g/mol. The monoisotopic (exact) mass is 381 g/mol. The summed E-state index contributed by atoms with van der Waals surface area (Å²) in [5.74, 6) is 0. The molecule has 0 N–H and O–H groups in total. The Morgan fingerprint density at radius 1 is 0.607 bits per heavy atom. The number of fused-ring (bicyclic) bond motifs is 3. The molecule has 0 bridgehead atoms. The van der Waals surface area contributed by atoms with Gasteiger partial charge in [-0.05, 0) is 17.2 Å². The van der Waals surface area contributed by atoms with Crippen LogP contribution in [-0.4, -0.2) is 4.92 Å². The molecular formula is C24H15NO2S. The molecule has 0 spiro atoms. The summed E-state index contributed by atoms with van der Waals surface area (Å²) in [5, 5.41) is 13.9. The second-order valence-electron chi connectivity index (χ2n) is 6.61. The van der Waals surface area contributed by atoms with Gasteiger partial charge >= 0.3 is 0 Å². The summed E-state index contributed by atoms with van der Waals surface area (Å²) in [5.41, 5.74) is 4.06. The first kappa shape index (κ1) is 16.7. The highest BCUT2D eigenvalue weighted by Gasteiger charge is 2.19. The smallest absolute Gasteiger partial charge is 0.258 e. The molecule has 0 aliphatic rings. The lowest BCUT2D eigenvalue weighted by Gasteiger charge is -2.04. The molecule has 0 aliphatic carbocycles. The topological polar surface area (TPSA) is 43.1 Å². The van der Waals surface area contributed by atoms with Crippen LogP contribution in [0.25, 0.3) is 42.4 Å². The van der Waals surface area contributed by atoms with E-state index in [0.717, 1.165) is 15.6 Å². The van der Waals surface area contributed by atoms with Crippen molar-refractivity contribution in [2.75, 3.05) is 0 Å². The molecule has 0 saturated heterocycles. The molecule has 134 valence electrons. The van der Waals surface area contributed by atoms with Gasteiger partial charge in [0.05, 0.1) is 10.5 Å². The highest BCUT2D eigenvalue weighted by Crippen LogP contribution is 2.44. The van der Waals surface area contributed by atoms with Gasteiger partial charge in [0.1, 0.15) is 0 Å². The van der Waals surface area contributed by atoms with Crippen LogP contribution in [0.3, 0.4) is 0 Å². The number of para-hydroxylation sites is 1. The van der Waals surface area contributed by atoms with Crippen molar-refractivity contribution in [3.63, 3.8) is 0 Å². The van der Waals surface area contributed by atoms with E-state index in [-0.39, 0.29) is 10.6 Å². The van der Waals surface area contributed by atoms with Crippen LogP contribution in [0.15, 0.2) is 91.0 Å². The molecule has 0 aliphatic heterocycles. The molecule has 0 saturated carbocycles. The summed E-state index contributed by atoms with van der Waals surface area (Å²) in [7, 11) is 0. The molecule has 0 amide bonds. The number of nitro benzene ring substituents is 1. The van der Waals surface area contributed by atoms with Crippen molar-refractivity contribution in [2.45, 2.75) is 0 Å². The van der Waals surface area contributed by atoms with Crippen LogP contribution >= 0.6 is 11.3 Å². The lowest BCUT2D eigenvalue weighted by Crippen LogP contribution is -1.91. The van der Waals surface area contributed by atoms with E-state index in [4.69, 9.17) is 0 Å². The Hall–Kier alpha value is -3.50. The zero-order valence-electron chi connectivity index (χ0n) is 14.8. The van der Waals surface area contributed by atoms with E-state index in [9.17, 15) is 10.1 Å². The second-order valence-corrected chi connectivity index (χ2v) is 7.63. The molecule has 5 rings (SSSR count). The van der Waals surface area contributed by atoms with Crippen molar-refractivity contribution >= 4 is 37.2 Å². The fourth-order valence-electron chi connectivity index (χ4n) is 3.74. The molecule has 4 heteroatoms. The van der Waals surface area contributed by atoms with Crippen molar-refractivity contribution in [1.29, 1.82) is 0 Å². The third-order valence-corrected chi connectivity index (χ3v) is 6.29. The van der Waals surface area contributed by atoms with E-state index in [1.807, 2.05) is 42.5 Å². The summed E-state index contributed by atoms with van der Waals surface area (Å²) in [6.45, 7) is 0. The van der Waals surface area contributed by atoms with Gasteiger partial charge in [0.2, 0.25) is 0 Å². The van der Waals surface area contributed by atoms with Gasteiger partial charge in [-0.2, -0.15) is 0 Å². The quantitative estimate of drug-likeness (QED) is 0.243. The van der Waals surface area contributed by atoms with Crippen LogP contribution in [0.1, 0.15) is 0 Å². The van der Waals surface area contributed by atoms with Crippen LogP contribution in [0.5, 0.6) is 0 Å². The number of hydrogen-bond donors (Lipinski definition) is 0. The molecule has 0 fully saturated rings. The number of benzene rings is 4. The first-order chi connectivity index (χ1) is 13.7. The maximum Gasteiger partial charge on any atom is 0.277 e. The van der Waals surface area contributed by atoms with Crippen LogP contribution in [0.2, 0.25) is 0 Å². The molecule has 5 aromatic rings. The third kappa shape index (κ3) is 2.58. The zero-order chi connectivity index (χ0) is 19.1. The maximum atomic E-state index is 11.6. The van der Waals surface area contributed by atoms with E-state index >= 15 is 0 Å². The summed E-state index contributed by atoms with van der Waals surface area (Å²) in [6, 6.07) is 29.7. The molecule has 1 heterocycles. The molecular weight excluding hydrogens is 366 g/mol. The standard InChI is InChI=1S/C24H15NO2S/c26-25(27)22-15-5-4-10-18(22)19-12-7-14-21-20-13-6-11-17(23(20)28-24(19)21)16-8-2-1-3-9-16/h1-15H. The van der Waals surface area contributed by atoms with Gasteiger partial charge in [0.15, 0.2) is 0 Å². The van der Waals surface area contributed by atoms with Gasteiger partial charge in [0, 0.05) is 31.8 Å².